The number of nitrogens with zero attached hydrogens (tertiary/aromatic N) is 1. The summed E-state index contributed by atoms with van der Waals surface area (Å²) in [5, 5.41) is 14.9. The molecule has 0 heterocycles. The average molecular weight is 185 g/mol. The second kappa shape index (κ2) is 3.54. The first-order valence-corrected chi connectivity index (χ1v) is 4.74. The lowest BCUT2D eigenvalue weighted by molar-refractivity contribution is 0.313. The Bertz CT molecular complexity index is 213. The molecule has 4 nitrogen and oxygen atoms in total. The van der Waals surface area contributed by atoms with Crippen LogP contribution in [0.2, 0.25) is 0 Å². The number of rotatable bonds is 4. The maximum absolute atomic E-state index is 8.52. The Morgan fingerprint density at radius 3 is 2.62 bits per heavy atom. The molecule has 13 heavy (non-hydrogen) atoms. The third-order valence-electron chi connectivity index (χ3n) is 2.80. The number of amidine groups is 1. The predicted molar refractivity (Wildman–Crippen MR) is 52.8 cm³/mol. The van der Waals surface area contributed by atoms with E-state index in [9.17, 15) is 0 Å². The van der Waals surface area contributed by atoms with Crippen LogP contribution in [0.5, 0.6) is 0 Å². The lowest BCUT2D eigenvalue weighted by atomic mass is 10.1. The maximum atomic E-state index is 8.52. The Hall–Kier alpha value is -0.770. The summed E-state index contributed by atoms with van der Waals surface area (Å²) >= 11 is 0. The van der Waals surface area contributed by atoms with Gasteiger partial charge in [-0.1, -0.05) is 25.9 Å². The van der Waals surface area contributed by atoms with Gasteiger partial charge in [-0.2, -0.15) is 0 Å². The monoisotopic (exact) mass is 185 g/mol. The SMILES string of the molecule is CCC(NC1CC1(C)C)C(N)=NO. The topological polar surface area (TPSA) is 70.6 Å². The summed E-state index contributed by atoms with van der Waals surface area (Å²) in [7, 11) is 0. The van der Waals surface area contributed by atoms with Crippen LogP contribution in [-0.4, -0.2) is 23.1 Å². The molecule has 1 aliphatic carbocycles. The second-order valence-electron chi connectivity index (χ2n) is 4.40. The van der Waals surface area contributed by atoms with Gasteiger partial charge in [0.05, 0.1) is 6.04 Å². The van der Waals surface area contributed by atoms with Crippen molar-refractivity contribution in [2.75, 3.05) is 0 Å². The van der Waals surface area contributed by atoms with Crippen molar-refractivity contribution >= 4 is 5.84 Å². The zero-order valence-corrected chi connectivity index (χ0v) is 8.54. The molecule has 4 N–H and O–H groups in total. The molecule has 0 amide bonds. The molecule has 2 unspecified atom stereocenters. The van der Waals surface area contributed by atoms with Gasteiger partial charge in [-0.25, -0.2) is 0 Å². The van der Waals surface area contributed by atoms with Gasteiger partial charge < -0.3 is 16.3 Å². The molecular formula is C9H19N3O. The predicted octanol–water partition coefficient (Wildman–Crippen LogP) is 0.899. The molecule has 0 aromatic heterocycles. The third-order valence-corrected chi connectivity index (χ3v) is 2.80. The van der Waals surface area contributed by atoms with Gasteiger partial charge in [0, 0.05) is 6.04 Å². The average Bonchev–Trinajstić information content (AvgIpc) is 2.68. The van der Waals surface area contributed by atoms with Crippen LogP contribution < -0.4 is 11.1 Å². The summed E-state index contributed by atoms with van der Waals surface area (Å²) in [5.41, 5.74) is 5.91. The molecule has 0 aliphatic heterocycles. The van der Waals surface area contributed by atoms with Crippen LogP contribution in [0.3, 0.4) is 0 Å². The number of oxime groups is 1. The van der Waals surface area contributed by atoms with E-state index in [0.717, 1.165) is 6.42 Å². The Balaban J connectivity index is 2.42. The van der Waals surface area contributed by atoms with Crippen molar-refractivity contribution in [2.45, 2.75) is 45.7 Å². The van der Waals surface area contributed by atoms with E-state index in [1.54, 1.807) is 0 Å². The number of nitrogens with one attached hydrogen (secondary N) is 1. The van der Waals surface area contributed by atoms with Crippen LogP contribution >= 0.6 is 0 Å². The van der Waals surface area contributed by atoms with Crippen molar-refractivity contribution in [3.63, 3.8) is 0 Å². The second-order valence-corrected chi connectivity index (χ2v) is 4.40. The van der Waals surface area contributed by atoms with E-state index in [-0.39, 0.29) is 11.9 Å². The van der Waals surface area contributed by atoms with Crippen molar-refractivity contribution in [3.8, 4) is 0 Å². The van der Waals surface area contributed by atoms with E-state index in [4.69, 9.17) is 10.9 Å². The molecule has 1 aliphatic rings. The number of hydrogen-bond acceptors (Lipinski definition) is 3. The van der Waals surface area contributed by atoms with Gasteiger partial charge in [0.2, 0.25) is 0 Å². The first kappa shape index (κ1) is 10.3. The molecule has 4 heteroatoms. The highest BCUT2D eigenvalue weighted by Crippen LogP contribution is 2.44. The highest BCUT2D eigenvalue weighted by molar-refractivity contribution is 5.85. The fourth-order valence-electron chi connectivity index (χ4n) is 1.48. The highest BCUT2D eigenvalue weighted by atomic mass is 16.4. The molecule has 0 spiro atoms. The quantitative estimate of drug-likeness (QED) is 0.264. The largest absolute Gasteiger partial charge is 0.409 e. The summed E-state index contributed by atoms with van der Waals surface area (Å²) in [6, 6.07) is 0.523. The molecular weight excluding hydrogens is 166 g/mol. The first-order valence-electron chi connectivity index (χ1n) is 4.74. The Labute approximate surface area is 79.2 Å². The fourth-order valence-corrected chi connectivity index (χ4v) is 1.48. The molecule has 0 aromatic carbocycles. The molecule has 1 saturated carbocycles. The van der Waals surface area contributed by atoms with Gasteiger partial charge in [-0.3, -0.25) is 0 Å². The summed E-state index contributed by atoms with van der Waals surface area (Å²) in [5.74, 6) is 0.283. The minimum absolute atomic E-state index is 0.0109. The molecule has 0 saturated heterocycles. The smallest absolute Gasteiger partial charge is 0.156 e. The van der Waals surface area contributed by atoms with E-state index >= 15 is 0 Å². The Morgan fingerprint density at radius 1 is 1.77 bits per heavy atom. The molecule has 1 rings (SSSR count). The van der Waals surface area contributed by atoms with Crippen LogP contribution in [0, 0.1) is 5.41 Å². The molecule has 0 radical (unpaired) electrons. The molecule has 2 atom stereocenters. The number of nitrogens with two attached hydrogens (primary N) is 1. The van der Waals surface area contributed by atoms with Crippen LogP contribution in [0.1, 0.15) is 33.6 Å². The van der Waals surface area contributed by atoms with Gasteiger partial charge in [0.1, 0.15) is 0 Å². The van der Waals surface area contributed by atoms with Crippen LogP contribution in [0.15, 0.2) is 5.16 Å². The van der Waals surface area contributed by atoms with E-state index in [2.05, 4.69) is 24.3 Å². The third kappa shape index (κ3) is 2.34. The van der Waals surface area contributed by atoms with E-state index in [1.165, 1.54) is 6.42 Å². The van der Waals surface area contributed by atoms with Gasteiger partial charge in [-0.15, -0.1) is 0 Å². The van der Waals surface area contributed by atoms with Crippen LogP contribution in [0.25, 0.3) is 0 Å². The van der Waals surface area contributed by atoms with Gasteiger partial charge >= 0.3 is 0 Å². The van der Waals surface area contributed by atoms with Crippen molar-refractivity contribution in [1.82, 2.24) is 5.32 Å². The molecule has 1 fully saturated rings. The summed E-state index contributed by atoms with van der Waals surface area (Å²) in [6.07, 6.45) is 2.02. The molecule has 0 bridgehead atoms. The summed E-state index contributed by atoms with van der Waals surface area (Å²) < 4.78 is 0. The van der Waals surface area contributed by atoms with Crippen molar-refractivity contribution in [2.24, 2.45) is 16.3 Å². The fraction of sp³-hybridized carbons (Fsp3) is 0.889. The van der Waals surface area contributed by atoms with Crippen molar-refractivity contribution in [1.29, 1.82) is 0 Å². The Kier molecular flexibility index (Phi) is 2.81. The van der Waals surface area contributed by atoms with E-state index in [0.29, 0.717) is 11.5 Å². The lowest BCUT2D eigenvalue weighted by Crippen LogP contribution is -2.43. The van der Waals surface area contributed by atoms with Crippen LogP contribution in [0.4, 0.5) is 0 Å². The minimum atomic E-state index is 0.0109. The summed E-state index contributed by atoms with van der Waals surface area (Å²) in [6.45, 7) is 6.44. The Morgan fingerprint density at radius 2 is 2.31 bits per heavy atom. The normalized spacial score (nSPS) is 28.5. The minimum Gasteiger partial charge on any atom is -0.409 e. The standard InChI is InChI=1S/C9H19N3O/c1-4-6(8(10)12-13)11-7-5-9(7,2)3/h6-7,11,13H,4-5H2,1-3H3,(H2,10,12). The highest BCUT2D eigenvalue weighted by Gasteiger charge is 2.46. The first-order chi connectivity index (χ1) is 6.01. The maximum Gasteiger partial charge on any atom is 0.156 e. The van der Waals surface area contributed by atoms with Crippen molar-refractivity contribution < 1.29 is 5.21 Å². The molecule has 0 aromatic rings. The van der Waals surface area contributed by atoms with E-state index < -0.39 is 0 Å². The lowest BCUT2D eigenvalue weighted by Gasteiger charge is -2.16. The van der Waals surface area contributed by atoms with E-state index in [1.807, 2.05) is 6.92 Å². The zero-order chi connectivity index (χ0) is 10.1. The van der Waals surface area contributed by atoms with Gasteiger partial charge in [-0.05, 0) is 18.3 Å². The molecule has 76 valence electrons. The zero-order valence-electron chi connectivity index (χ0n) is 8.54. The van der Waals surface area contributed by atoms with Crippen molar-refractivity contribution in [3.05, 3.63) is 0 Å². The number of hydrogen-bond donors (Lipinski definition) is 3. The van der Waals surface area contributed by atoms with Gasteiger partial charge in [0.25, 0.3) is 0 Å². The van der Waals surface area contributed by atoms with Crippen LogP contribution in [-0.2, 0) is 0 Å². The van der Waals surface area contributed by atoms with Gasteiger partial charge in [0.15, 0.2) is 5.84 Å². The summed E-state index contributed by atoms with van der Waals surface area (Å²) in [4.78, 5) is 0.